The summed E-state index contributed by atoms with van der Waals surface area (Å²) in [6, 6.07) is 6.11. The number of aliphatic carboxylic acids is 1. The number of benzene rings is 1. The smallest absolute Gasteiger partial charge is 0.305 e. The van der Waals surface area contributed by atoms with E-state index < -0.39 is 42.7 Å². The van der Waals surface area contributed by atoms with Crippen molar-refractivity contribution in [1.82, 2.24) is 5.32 Å². The first kappa shape index (κ1) is 21.5. The number of nitrogens with one attached hydrogen (secondary N) is 1. The van der Waals surface area contributed by atoms with Crippen molar-refractivity contribution < 1.29 is 28.7 Å². The Hall–Kier alpha value is -2.77. The van der Waals surface area contributed by atoms with Gasteiger partial charge in [0.05, 0.1) is 6.42 Å². The molecule has 0 saturated carbocycles. The number of hydrogen-bond acceptors (Lipinski definition) is 4. The molecule has 1 aliphatic heterocycles. The standard InChI is InChI=1S/C20H25FN2O5/c1-12(2)14(20(28)22-15(10-19(26)27)17(24)11-21)9-18(25)23-8-7-13-5-3-4-6-16(13)23/h3-6,12,14-15H,7-11H2,1-2H3,(H,22,28)(H,26,27)/t14-,15?/m1/s1. The molecular formula is C20H25FN2O5. The number of Topliss-reactive ketones (excluding diaryl/α,β-unsaturated/α-hetero) is 1. The van der Waals surface area contributed by atoms with E-state index in [0.29, 0.717) is 6.54 Å². The Kier molecular flexibility index (Phi) is 7.25. The van der Waals surface area contributed by atoms with Crippen LogP contribution in [-0.2, 0) is 25.6 Å². The average Bonchev–Trinajstić information content (AvgIpc) is 3.08. The molecular weight excluding hydrogens is 367 g/mol. The summed E-state index contributed by atoms with van der Waals surface area (Å²) < 4.78 is 12.7. The first-order chi connectivity index (χ1) is 13.2. The number of carboxylic acids is 1. The second kappa shape index (κ2) is 9.43. The van der Waals surface area contributed by atoms with Crippen LogP contribution >= 0.6 is 0 Å². The third-order valence-corrected chi connectivity index (χ3v) is 4.94. The predicted octanol–water partition coefficient (Wildman–Crippen LogP) is 1.74. The summed E-state index contributed by atoms with van der Waals surface area (Å²) >= 11 is 0. The third kappa shape index (κ3) is 5.15. The van der Waals surface area contributed by atoms with Crippen molar-refractivity contribution in [2.24, 2.45) is 11.8 Å². The number of nitrogens with zero attached hydrogens (tertiary/aromatic N) is 1. The van der Waals surface area contributed by atoms with Gasteiger partial charge < -0.3 is 15.3 Å². The fourth-order valence-corrected chi connectivity index (χ4v) is 3.32. The lowest BCUT2D eigenvalue weighted by atomic mass is 9.90. The molecule has 1 aromatic rings. The van der Waals surface area contributed by atoms with Gasteiger partial charge in [-0.15, -0.1) is 0 Å². The Morgan fingerprint density at radius 2 is 1.86 bits per heavy atom. The maximum atomic E-state index is 12.8. The van der Waals surface area contributed by atoms with Gasteiger partial charge in [0.15, 0.2) is 5.78 Å². The van der Waals surface area contributed by atoms with E-state index in [1.807, 2.05) is 24.3 Å². The van der Waals surface area contributed by atoms with Crippen LogP contribution in [-0.4, -0.2) is 47.9 Å². The fraction of sp³-hybridized carbons (Fsp3) is 0.500. The van der Waals surface area contributed by atoms with Crippen LogP contribution in [0, 0.1) is 11.8 Å². The minimum Gasteiger partial charge on any atom is -0.481 e. The van der Waals surface area contributed by atoms with Crippen molar-refractivity contribution in [3.63, 3.8) is 0 Å². The van der Waals surface area contributed by atoms with E-state index in [1.165, 1.54) is 0 Å². The summed E-state index contributed by atoms with van der Waals surface area (Å²) in [5, 5.41) is 11.2. The molecule has 152 valence electrons. The predicted molar refractivity (Wildman–Crippen MR) is 101 cm³/mol. The van der Waals surface area contributed by atoms with Gasteiger partial charge in [-0.05, 0) is 24.0 Å². The zero-order valence-electron chi connectivity index (χ0n) is 16.0. The summed E-state index contributed by atoms with van der Waals surface area (Å²) in [5.74, 6) is -4.15. The Morgan fingerprint density at radius 1 is 1.18 bits per heavy atom. The van der Waals surface area contributed by atoms with Crippen LogP contribution in [0.3, 0.4) is 0 Å². The van der Waals surface area contributed by atoms with Crippen LogP contribution in [0.25, 0.3) is 0 Å². The second-order valence-corrected chi connectivity index (χ2v) is 7.24. The van der Waals surface area contributed by atoms with Crippen LogP contribution in [0.1, 0.15) is 32.3 Å². The quantitative estimate of drug-likeness (QED) is 0.666. The van der Waals surface area contributed by atoms with Gasteiger partial charge in [0.1, 0.15) is 12.7 Å². The van der Waals surface area contributed by atoms with Gasteiger partial charge in [-0.25, -0.2) is 4.39 Å². The molecule has 2 N–H and O–H groups in total. The Bertz CT molecular complexity index is 765. The normalized spacial score (nSPS) is 15.1. The van der Waals surface area contributed by atoms with Gasteiger partial charge in [0.2, 0.25) is 11.8 Å². The highest BCUT2D eigenvalue weighted by atomic mass is 19.1. The monoisotopic (exact) mass is 392 g/mol. The number of carbonyl (C=O) groups excluding carboxylic acids is 3. The zero-order valence-corrected chi connectivity index (χ0v) is 16.0. The lowest BCUT2D eigenvalue weighted by Crippen LogP contribution is -2.47. The van der Waals surface area contributed by atoms with E-state index in [-0.39, 0.29) is 18.2 Å². The molecule has 0 bridgehead atoms. The van der Waals surface area contributed by atoms with Crippen LogP contribution in [0.2, 0.25) is 0 Å². The number of fused-ring (bicyclic) bond motifs is 1. The SMILES string of the molecule is CC(C)[C@@H](CC(=O)N1CCc2ccccc21)C(=O)NC(CC(=O)O)C(=O)CF. The largest absolute Gasteiger partial charge is 0.481 e. The number of amides is 2. The first-order valence-electron chi connectivity index (χ1n) is 9.23. The molecule has 0 radical (unpaired) electrons. The summed E-state index contributed by atoms with van der Waals surface area (Å²) in [6.45, 7) is 2.69. The van der Waals surface area contributed by atoms with Crippen LogP contribution in [0.15, 0.2) is 24.3 Å². The Morgan fingerprint density at radius 3 is 2.46 bits per heavy atom. The average molecular weight is 392 g/mol. The van der Waals surface area contributed by atoms with Crippen molar-refractivity contribution in [2.45, 2.75) is 39.2 Å². The lowest BCUT2D eigenvalue weighted by molar-refractivity contribution is -0.141. The van der Waals surface area contributed by atoms with Gasteiger partial charge in [0, 0.05) is 24.6 Å². The number of hydrogen-bond donors (Lipinski definition) is 2. The number of carbonyl (C=O) groups is 4. The molecule has 0 aliphatic carbocycles. The minimum absolute atomic E-state index is 0.0819. The highest BCUT2D eigenvalue weighted by Gasteiger charge is 2.33. The van der Waals surface area contributed by atoms with E-state index >= 15 is 0 Å². The number of halogens is 1. The topological polar surface area (TPSA) is 104 Å². The highest BCUT2D eigenvalue weighted by Crippen LogP contribution is 2.29. The molecule has 7 nitrogen and oxygen atoms in total. The summed E-state index contributed by atoms with van der Waals surface area (Å²) in [5.41, 5.74) is 1.89. The molecule has 2 atom stereocenters. The maximum absolute atomic E-state index is 12.8. The number of para-hydroxylation sites is 1. The van der Waals surface area contributed by atoms with Gasteiger partial charge in [-0.1, -0.05) is 32.0 Å². The Labute approximate surface area is 162 Å². The van der Waals surface area contributed by atoms with Crippen LogP contribution in [0.4, 0.5) is 10.1 Å². The first-order valence-corrected chi connectivity index (χ1v) is 9.23. The van der Waals surface area contributed by atoms with Crippen molar-refractivity contribution in [3.05, 3.63) is 29.8 Å². The molecule has 28 heavy (non-hydrogen) atoms. The van der Waals surface area contributed by atoms with E-state index in [1.54, 1.807) is 18.7 Å². The van der Waals surface area contributed by atoms with Crippen molar-refractivity contribution in [2.75, 3.05) is 18.1 Å². The van der Waals surface area contributed by atoms with Crippen LogP contribution < -0.4 is 10.2 Å². The Balaban J connectivity index is 2.10. The molecule has 8 heteroatoms. The lowest BCUT2D eigenvalue weighted by Gasteiger charge is -2.25. The summed E-state index contributed by atoms with van der Waals surface area (Å²) in [7, 11) is 0. The van der Waals surface area contributed by atoms with Gasteiger partial charge >= 0.3 is 5.97 Å². The molecule has 1 heterocycles. The van der Waals surface area contributed by atoms with Crippen LogP contribution in [0.5, 0.6) is 0 Å². The van der Waals surface area contributed by atoms with E-state index in [4.69, 9.17) is 5.11 Å². The van der Waals surface area contributed by atoms with E-state index in [9.17, 15) is 23.6 Å². The third-order valence-electron chi connectivity index (χ3n) is 4.94. The van der Waals surface area contributed by atoms with Gasteiger partial charge in [-0.2, -0.15) is 0 Å². The van der Waals surface area contributed by atoms with E-state index in [0.717, 1.165) is 17.7 Å². The molecule has 0 aromatic heterocycles. The minimum atomic E-state index is -1.45. The molecule has 0 spiro atoms. The molecule has 1 unspecified atom stereocenters. The molecule has 2 rings (SSSR count). The van der Waals surface area contributed by atoms with Crippen molar-refractivity contribution in [3.8, 4) is 0 Å². The molecule has 0 saturated heterocycles. The van der Waals surface area contributed by atoms with Gasteiger partial charge in [0.25, 0.3) is 0 Å². The van der Waals surface area contributed by atoms with Crippen molar-refractivity contribution >= 4 is 29.3 Å². The molecule has 2 amide bonds. The number of anilines is 1. The number of alkyl halides is 1. The fourth-order valence-electron chi connectivity index (χ4n) is 3.32. The molecule has 1 aliphatic rings. The second-order valence-electron chi connectivity index (χ2n) is 7.24. The summed E-state index contributed by atoms with van der Waals surface area (Å²) in [6.07, 6.45) is -0.0413. The zero-order chi connectivity index (χ0) is 20.8. The molecule has 0 fully saturated rings. The summed E-state index contributed by atoms with van der Waals surface area (Å²) in [4.78, 5) is 49.6. The van der Waals surface area contributed by atoms with Crippen molar-refractivity contribution in [1.29, 1.82) is 0 Å². The molecule has 1 aromatic carbocycles. The maximum Gasteiger partial charge on any atom is 0.305 e. The number of rotatable bonds is 9. The van der Waals surface area contributed by atoms with E-state index in [2.05, 4.69) is 5.32 Å². The highest BCUT2D eigenvalue weighted by molar-refractivity contribution is 5.99. The van der Waals surface area contributed by atoms with Gasteiger partial charge in [-0.3, -0.25) is 19.2 Å². The number of carboxylic acid groups (broad SMARTS) is 1. The number of ketones is 1.